The Morgan fingerprint density at radius 2 is 1.75 bits per heavy atom. The molecule has 1 saturated carbocycles. The monoisotopic (exact) mass is 305 g/mol. The summed E-state index contributed by atoms with van der Waals surface area (Å²) >= 11 is 5.72. The number of piperazine rings is 1. The van der Waals surface area contributed by atoms with Gasteiger partial charge in [-0.15, -0.1) is 0 Å². The number of alkyl halides is 3. The van der Waals surface area contributed by atoms with Crippen LogP contribution in [-0.4, -0.2) is 42.1 Å². The summed E-state index contributed by atoms with van der Waals surface area (Å²) in [6.45, 7) is 3.14. The molecular formula is C13H15ClF3N3. The normalized spacial score (nSPS) is 21.3. The minimum Gasteiger partial charge on any atom is -0.354 e. The Morgan fingerprint density at radius 1 is 1.10 bits per heavy atom. The van der Waals surface area contributed by atoms with Crippen LogP contribution < -0.4 is 4.90 Å². The topological polar surface area (TPSA) is 19.4 Å². The Morgan fingerprint density at radius 3 is 2.30 bits per heavy atom. The summed E-state index contributed by atoms with van der Waals surface area (Å²) in [5.74, 6) is 0.320. The van der Waals surface area contributed by atoms with E-state index in [0.717, 1.165) is 25.2 Å². The number of pyridine rings is 1. The molecule has 2 aliphatic rings. The van der Waals surface area contributed by atoms with Gasteiger partial charge in [0.05, 0.1) is 5.56 Å². The van der Waals surface area contributed by atoms with Gasteiger partial charge in [-0.25, -0.2) is 4.98 Å². The number of hydrogen-bond acceptors (Lipinski definition) is 3. The summed E-state index contributed by atoms with van der Waals surface area (Å²) in [6, 6.07) is 2.64. The molecule has 7 heteroatoms. The summed E-state index contributed by atoms with van der Waals surface area (Å²) in [6.07, 6.45) is -1.90. The molecule has 0 N–H and O–H groups in total. The molecule has 0 bridgehead atoms. The Kier molecular flexibility index (Phi) is 3.54. The van der Waals surface area contributed by atoms with E-state index in [4.69, 9.17) is 11.6 Å². The Balaban J connectivity index is 1.75. The standard InChI is InChI=1S/C13H15ClF3N3/c14-11-7-9(13(15,16)17)8-12(18-11)20-5-3-19(4-6-20)10-1-2-10/h7-8,10H,1-6H2. The van der Waals surface area contributed by atoms with Crippen LogP contribution in [0.25, 0.3) is 0 Å². The summed E-state index contributed by atoms with van der Waals surface area (Å²) in [7, 11) is 0. The van der Waals surface area contributed by atoms with Crippen molar-refractivity contribution < 1.29 is 13.2 Å². The zero-order valence-corrected chi connectivity index (χ0v) is 11.6. The molecule has 0 spiro atoms. The maximum absolute atomic E-state index is 12.8. The number of hydrogen-bond donors (Lipinski definition) is 0. The highest BCUT2D eigenvalue weighted by molar-refractivity contribution is 6.29. The molecule has 0 amide bonds. The first-order chi connectivity index (χ1) is 9.43. The maximum atomic E-state index is 12.8. The number of aromatic nitrogens is 1. The first kappa shape index (κ1) is 13.9. The molecule has 0 radical (unpaired) electrons. The van der Waals surface area contributed by atoms with E-state index in [9.17, 15) is 13.2 Å². The van der Waals surface area contributed by atoms with Crippen LogP contribution in [0.5, 0.6) is 0 Å². The Bertz CT molecular complexity index is 494. The van der Waals surface area contributed by atoms with E-state index >= 15 is 0 Å². The fourth-order valence-electron chi connectivity index (χ4n) is 2.56. The van der Waals surface area contributed by atoms with Crippen molar-refractivity contribution in [2.24, 2.45) is 0 Å². The van der Waals surface area contributed by atoms with Crippen LogP contribution in [0.1, 0.15) is 18.4 Å². The van der Waals surface area contributed by atoms with Crippen molar-refractivity contribution in [3.05, 3.63) is 22.8 Å². The number of anilines is 1. The van der Waals surface area contributed by atoms with Crippen LogP contribution in [0.3, 0.4) is 0 Å². The molecule has 1 aliphatic carbocycles. The van der Waals surface area contributed by atoms with Gasteiger partial charge in [0.15, 0.2) is 0 Å². The van der Waals surface area contributed by atoms with E-state index in [-0.39, 0.29) is 5.15 Å². The summed E-state index contributed by atoms with van der Waals surface area (Å²) in [4.78, 5) is 8.30. The smallest absolute Gasteiger partial charge is 0.354 e. The fraction of sp³-hybridized carbons (Fsp3) is 0.615. The quantitative estimate of drug-likeness (QED) is 0.783. The maximum Gasteiger partial charge on any atom is 0.416 e. The molecule has 3 nitrogen and oxygen atoms in total. The predicted molar refractivity (Wildman–Crippen MR) is 71.1 cm³/mol. The van der Waals surface area contributed by atoms with Crippen molar-refractivity contribution in [1.82, 2.24) is 9.88 Å². The number of halogens is 4. The largest absolute Gasteiger partial charge is 0.416 e. The van der Waals surface area contributed by atoms with Crippen molar-refractivity contribution in [1.29, 1.82) is 0 Å². The summed E-state index contributed by atoms with van der Waals surface area (Å²) in [5, 5.41) is -0.112. The molecule has 0 atom stereocenters. The third-order valence-electron chi connectivity index (χ3n) is 3.81. The molecule has 0 unspecified atom stereocenters. The van der Waals surface area contributed by atoms with Crippen LogP contribution in [0.2, 0.25) is 5.15 Å². The van der Waals surface area contributed by atoms with Gasteiger partial charge in [0.2, 0.25) is 0 Å². The molecule has 20 heavy (non-hydrogen) atoms. The summed E-state index contributed by atoms with van der Waals surface area (Å²) < 4.78 is 38.3. The first-order valence-corrected chi connectivity index (χ1v) is 7.05. The van der Waals surface area contributed by atoms with E-state index in [1.165, 1.54) is 12.8 Å². The van der Waals surface area contributed by atoms with Crippen molar-refractivity contribution in [2.45, 2.75) is 25.1 Å². The van der Waals surface area contributed by atoms with Gasteiger partial charge >= 0.3 is 6.18 Å². The van der Waals surface area contributed by atoms with Crippen molar-refractivity contribution in [3.63, 3.8) is 0 Å². The minimum atomic E-state index is -4.39. The van der Waals surface area contributed by atoms with E-state index in [1.54, 1.807) is 0 Å². The molecular weight excluding hydrogens is 291 g/mol. The molecule has 1 saturated heterocycles. The SMILES string of the molecule is FC(F)(F)c1cc(Cl)nc(N2CCN(C3CC3)CC2)c1. The molecule has 1 aromatic heterocycles. The van der Waals surface area contributed by atoms with Gasteiger partial charge in [-0.05, 0) is 25.0 Å². The van der Waals surface area contributed by atoms with E-state index in [1.807, 2.05) is 4.90 Å². The van der Waals surface area contributed by atoms with E-state index < -0.39 is 11.7 Å². The van der Waals surface area contributed by atoms with Gasteiger partial charge < -0.3 is 4.90 Å². The van der Waals surface area contributed by atoms with Gasteiger partial charge in [-0.2, -0.15) is 13.2 Å². The van der Waals surface area contributed by atoms with Gasteiger partial charge in [-0.3, -0.25) is 4.90 Å². The Hall–Kier alpha value is -1.01. The molecule has 2 heterocycles. The highest BCUT2D eigenvalue weighted by Crippen LogP contribution is 2.33. The van der Waals surface area contributed by atoms with Crippen LogP contribution in [0, 0.1) is 0 Å². The van der Waals surface area contributed by atoms with Crippen LogP contribution in [0.15, 0.2) is 12.1 Å². The molecule has 3 rings (SSSR count). The predicted octanol–water partition coefficient (Wildman–Crippen LogP) is 3.04. The molecule has 0 aromatic carbocycles. The first-order valence-electron chi connectivity index (χ1n) is 6.67. The second-order valence-electron chi connectivity index (χ2n) is 5.29. The molecule has 1 aromatic rings. The zero-order valence-electron chi connectivity index (χ0n) is 10.8. The lowest BCUT2D eigenvalue weighted by Crippen LogP contribution is -2.47. The third-order valence-corrected chi connectivity index (χ3v) is 4.00. The molecule has 2 fully saturated rings. The van der Waals surface area contributed by atoms with E-state index in [2.05, 4.69) is 9.88 Å². The summed E-state index contributed by atoms with van der Waals surface area (Å²) in [5.41, 5.74) is -0.739. The van der Waals surface area contributed by atoms with Gasteiger partial charge in [0, 0.05) is 32.2 Å². The second kappa shape index (κ2) is 5.07. The second-order valence-corrected chi connectivity index (χ2v) is 5.68. The third kappa shape index (κ3) is 3.01. The zero-order chi connectivity index (χ0) is 14.3. The molecule has 110 valence electrons. The van der Waals surface area contributed by atoms with E-state index in [0.29, 0.717) is 24.9 Å². The average Bonchev–Trinajstić information content (AvgIpc) is 3.21. The van der Waals surface area contributed by atoms with Crippen LogP contribution in [0.4, 0.5) is 19.0 Å². The number of nitrogens with zero attached hydrogens (tertiary/aromatic N) is 3. The van der Waals surface area contributed by atoms with Crippen molar-refractivity contribution in [3.8, 4) is 0 Å². The number of rotatable bonds is 2. The molecule has 1 aliphatic heterocycles. The van der Waals surface area contributed by atoms with Crippen molar-refractivity contribution >= 4 is 17.4 Å². The van der Waals surface area contributed by atoms with Crippen molar-refractivity contribution in [2.75, 3.05) is 31.1 Å². The van der Waals surface area contributed by atoms with Gasteiger partial charge in [0.25, 0.3) is 0 Å². The minimum absolute atomic E-state index is 0.112. The Labute approximate surface area is 120 Å². The highest BCUT2D eigenvalue weighted by Gasteiger charge is 2.34. The van der Waals surface area contributed by atoms with Gasteiger partial charge in [-0.1, -0.05) is 11.6 Å². The average molecular weight is 306 g/mol. The lowest BCUT2D eigenvalue weighted by molar-refractivity contribution is -0.137. The van der Waals surface area contributed by atoms with Gasteiger partial charge in [0.1, 0.15) is 11.0 Å². The lowest BCUT2D eigenvalue weighted by Gasteiger charge is -2.35. The lowest BCUT2D eigenvalue weighted by atomic mass is 10.2. The highest BCUT2D eigenvalue weighted by atomic mass is 35.5. The van der Waals surface area contributed by atoms with Crippen LogP contribution >= 0.6 is 11.6 Å². The fourth-order valence-corrected chi connectivity index (χ4v) is 2.77. The van der Waals surface area contributed by atoms with Crippen LogP contribution in [-0.2, 0) is 6.18 Å².